The molecule has 0 aromatic heterocycles. The predicted molar refractivity (Wildman–Crippen MR) is 114 cm³/mol. The summed E-state index contributed by atoms with van der Waals surface area (Å²) < 4.78 is -0.884. The van der Waals surface area contributed by atoms with Crippen LogP contribution in [-0.2, 0) is 0 Å². The fourth-order valence-corrected chi connectivity index (χ4v) is 3.36. The lowest BCUT2D eigenvalue weighted by molar-refractivity contribution is 0.0777. The van der Waals surface area contributed by atoms with E-state index in [-0.39, 0.29) is 6.04 Å². The molecule has 27 heavy (non-hydrogen) atoms. The molecule has 0 spiro atoms. The van der Waals surface area contributed by atoms with Crippen LogP contribution in [0.2, 0.25) is 0 Å². The van der Waals surface area contributed by atoms with Crippen molar-refractivity contribution in [3.63, 3.8) is 0 Å². The maximum absolute atomic E-state index is 11.8. The van der Waals surface area contributed by atoms with E-state index in [0.29, 0.717) is 29.6 Å². The number of nitrogens with one attached hydrogen (secondary N) is 2. The Morgan fingerprint density at radius 1 is 1.11 bits per heavy atom. The van der Waals surface area contributed by atoms with E-state index in [0.717, 1.165) is 4.31 Å². The SMILES string of the molecule is CC(CNC(=O)S)NC(=O)S.O=C1c2ccccc2C(=O)N1SC(Cl)(Cl)Cl. The summed E-state index contributed by atoms with van der Waals surface area (Å²) in [7, 11) is 0. The molecular weight excluding hydrogens is 477 g/mol. The van der Waals surface area contributed by atoms with Gasteiger partial charge in [0.05, 0.1) is 11.1 Å². The number of thiol groups is 2. The molecule has 1 heterocycles. The molecule has 1 aromatic carbocycles. The molecule has 7 nitrogen and oxygen atoms in total. The van der Waals surface area contributed by atoms with Crippen molar-refractivity contribution in [1.82, 2.24) is 14.9 Å². The fraction of sp³-hybridized carbons (Fsp3) is 0.286. The number of halogens is 3. The highest BCUT2D eigenvalue weighted by atomic mass is 35.6. The average Bonchev–Trinajstić information content (AvgIpc) is 2.77. The first-order chi connectivity index (χ1) is 12.4. The van der Waals surface area contributed by atoms with Gasteiger partial charge in [0.2, 0.25) is 0 Å². The van der Waals surface area contributed by atoms with E-state index in [1.165, 1.54) is 0 Å². The Morgan fingerprint density at radius 2 is 1.59 bits per heavy atom. The van der Waals surface area contributed by atoms with E-state index in [2.05, 4.69) is 35.9 Å². The fourth-order valence-electron chi connectivity index (χ4n) is 1.86. The normalized spacial score (nSPS) is 14.1. The van der Waals surface area contributed by atoms with Crippen LogP contribution in [0.15, 0.2) is 24.3 Å². The third-order valence-electron chi connectivity index (χ3n) is 2.88. The van der Waals surface area contributed by atoms with Crippen LogP contribution in [-0.4, -0.2) is 42.3 Å². The number of fused-ring (bicyclic) bond motifs is 1. The van der Waals surface area contributed by atoms with Gasteiger partial charge in [0.25, 0.3) is 25.4 Å². The van der Waals surface area contributed by atoms with Crippen molar-refractivity contribution in [3.05, 3.63) is 35.4 Å². The molecule has 1 unspecified atom stereocenters. The highest BCUT2D eigenvalue weighted by Crippen LogP contribution is 2.43. The lowest BCUT2D eigenvalue weighted by Gasteiger charge is -2.17. The third kappa shape index (κ3) is 8.41. The first-order valence-electron chi connectivity index (χ1n) is 7.12. The summed E-state index contributed by atoms with van der Waals surface area (Å²) >= 11 is 24.2. The summed E-state index contributed by atoms with van der Waals surface area (Å²) in [6.45, 7) is 2.10. The summed E-state index contributed by atoms with van der Waals surface area (Å²) in [5, 5.41) is 4.08. The molecule has 4 amide bonds. The molecule has 0 saturated carbocycles. The number of imide groups is 1. The van der Waals surface area contributed by atoms with Crippen molar-refractivity contribution in [3.8, 4) is 0 Å². The summed E-state index contributed by atoms with van der Waals surface area (Å²) in [6, 6.07) is 6.35. The van der Waals surface area contributed by atoms with Gasteiger partial charge in [-0.05, 0) is 19.1 Å². The van der Waals surface area contributed by atoms with Gasteiger partial charge < -0.3 is 10.6 Å². The van der Waals surface area contributed by atoms with Gasteiger partial charge in [-0.15, -0.1) is 0 Å². The highest BCUT2D eigenvalue weighted by molar-refractivity contribution is 8.03. The van der Waals surface area contributed by atoms with Gasteiger partial charge in [0.15, 0.2) is 0 Å². The maximum atomic E-state index is 11.8. The second kappa shape index (κ2) is 10.7. The first-order valence-corrected chi connectivity index (χ1v) is 9.92. The monoisotopic (exact) mass is 489 g/mol. The van der Waals surface area contributed by atoms with Crippen LogP contribution < -0.4 is 10.6 Å². The number of benzene rings is 1. The first kappa shape index (κ1) is 24.3. The van der Waals surface area contributed by atoms with E-state index >= 15 is 0 Å². The van der Waals surface area contributed by atoms with Crippen LogP contribution in [0.25, 0.3) is 0 Å². The number of carbonyl (C=O) groups excluding carboxylic acids is 4. The summed E-state index contributed by atoms with van der Waals surface area (Å²) in [6.07, 6.45) is 0. The quantitative estimate of drug-likeness (QED) is 0.222. The molecule has 0 radical (unpaired) electrons. The molecule has 0 saturated heterocycles. The number of alkyl halides is 3. The van der Waals surface area contributed by atoms with Gasteiger partial charge in [-0.3, -0.25) is 19.2 Å². The van der Waals surface area contributed by atoms with Crippen LogP contribution in [0.3, 0.4) is 0 Å². The average molecular weight is 491 g/mol. The van der Waals surface area contributed by atoms with Crippen LogP contribution in [0.5, 0.6) is 0 Å². The minimum absolute atomic E-state index is 0.129. The molecular formula is C14H14Cl3N3O4S3. The van der Waals surface area contributed by atoms with Crippen molar-refractivity contribution in [1.29, 1.82) is 0 Å². The minimum atomic E-state index is -1.74. The Balaban J connectivity index is 0.000000293. The van der Waals surface area contributed by atoms with Gasteiger partial charge in [-0.2, -0.15) is 0 Å². The predicted octanol–water partition coefficient (Wildman–Crippen LogP) is 3.91. The van der Waals surface area contributed by atoms with Gasteiger partial charge in [-0.1, -0.05) is 72.2 Å². The zero-order valence-corrected chi connectivity index (χ0v) is 18.5. The molecule has 1 aromatic rings. The Labute approximate surface area is 185 Å². The van der Waals surface area contributed by atoms with Gasteiger partial charge in [0, 0.05) is 24.5 Å². The molecule has 2 rings (SSSR count). The number of amides is 4. The molecule has 2 N–H and O–H groups in total. The van der Waals surface area contributed by atoms with Crippen molar-refractivity contribution in [2.24, 2.45) is 0 Å². The standard InChI is InChI=1S/C9H4Cl3NO2S.C5H10N2O2S2/c10-9(11,12)16-13-7(14)5-3-1-2-4-6(5)8(13)15;1-3(7-5(9)11)2-6-4(8)10/h1-4H;3H,2H2,1H3,(H2,6,8,10)(H2,7,9,11). The molecule has 13 heteroatoms. The second-order valence-electron chi connectivity index (χ2n) is 5.02. The molecule has 1 atom stereocenters. The topological polar surface area (TPSA) is 95.6 Å². The Hall–Kier alpha value is -0.780. The van der Waals surface area contributed by atoms with E-state index < -0.39 is 25.4 Å². The van der Waals surface area contributed by atoms with Gasteiger partial charge in [0.1, 0.15) is 0 Å². The smallest absolute Gasteiger partial charge is 0.276 e. The van der Waals surface area contributed by atoms with Crippen molar-refractivity contribution in [2.45, 2.75) is 16.1 Å². The van der Waals surface area contributed by atoms with Crippen LogP contribution in [0.1, 0.15) is 27.6 Å². The second-order valence-corrected chi connectivity index (χ2v) is 9.95. The molecule has 148 valence electrons. The maximum Gasteiger partial charge on any atom is 0.276 e. The highest BCUT2D eigenvalue weighted by Gasteiger charge is 2.40. The summed E-state index contributed by atoms with van der Waals surface area (Å²) in [5.74, 6) is -0.922. The minimum Gasteiger partial charge on any atom is -0.345 e. The number of hydrogen-bond donors (Lipinski definition) is 4. The summed E-state index contributed by atoms with van der Waals surface area (Å²) in [5.41, 5.74) is 0.656. The van der Waals surface area contributed by atoms with Crippen LogP contribution in [0.4, 0.5) is 9.59 Å². The van der Waals surface area contributed by atoms with E-state index in [1.807, 2.05) is 0 Å². The molecule has 0 bridgehead atoms. The molecule has 0 fully saturated rings. The summed E-state index contributed by atoms with van der Waals surface area (Å²) in [4.78, 5) is 44.2. The number of carbonyl (C=O) groups is 4. The van der Waals surface area contributed by atoms with Crippen molar-refractivity contribution < 1.29 is 19.2 Å². The number of hydrogen-bond acceptors (Lipinski definition) is 5. The lowest BCUT2D eigenvalue weighted by atomic mass is 10.1. The Morgan fingerprint density at radius 3 is 1.96 bits per heavy atom. The van der Waals surface area contributed by atoms with E-state index in [1.54, 1.807) is 31.2 Å². The zero-order valence-electron chi connectivity index (χ0n) is 13.6. The molecule has 1 aliphatic rings. The van der Waals surface area contributed by atoms with E-state index in [9.17, 15) is 19.2 Å². The molecule has 0 aliphatic carbocycles. The zero-order chi connectivity index (χ0) is 20.8. The van der Waals surface area contributed by atoms with Crippen molar-refractivity contribution >= 4 is 94.3 Å². The van der Waals surface area contributed by atoms with Crippen LogP contribution in [0, 0.1) is 0 Å². The largest absolute Gasteiger partial charge is 0.345 e. The molecule has 1 aliphatic heterocycles. The third-order valence-corrected chi connectivity index (χ3v) is 4.51. The van der Waals surface area contributed by atoms with Crippen molar-refractivity contribution in [2.75, 3.05) is 6.54 Å². The van der Waals surface area contributed by atoms with Gasteiger partial charge >= 0.3 is 0 Å². The van der Waals surface area contributed by atoms with Crippen LogP contribution >= 0.6 is 72.0 Å². The van der Waals surface area contributed by atoms with Gasteiger partial charge in [-0.25, -0.2) is 4.31 Å². The number of rotatable bonds is 4. The Bertz CT molecular complexity index is 711. The lowest BCUT2D eigenvalue weighted by Crippen LogP contribution is -2.38. The van der Waals surface area contributed by atoms with E-state index in [4.69, 9.17) is 34.8 Å². The Kier molecular flexibility index (Phi) is 9.59. The number of nitrogens with zero attached hydrogens (tertiary/aromatic N) is 1.